The Labute approximate surface area is 438 Å². The first kappa shape index (κ1) is 58.5. The second-order valence-electron chi connectivity index (χ2n) is 19.7. The SMILES string of the molecule is C[C@@H](O)[C@@H]1NC(=O)[C@H]([C@H](O)[C@@H](O)c2ccc(O)cc2)NC(=O)[C@@H]2C[C@@H](O)CN2C(=O)[C@H]([C@@H](C)O)NC(=O)[C@@H](NC(=O)CCCCCOc2ccc(-c3ccccc3)cc2)C[C@@H](O)[C@@H](O)NC(=O)[C@@H]2[C@@H](O)[C@@H](C)CN2C1=O. The van der Waals surface area contributed by atoms with Crippen molar-refractivity contribution >= 4 is 41.4 Å². The monoisotopic (exact) mass is 1060 g/mol. The molecular formula is C52H69N7O17. The van der Waals surface area contributed by atoms with Crippen molar-refractivity contribution in [1.82, 2.24) is 36.4 Å². The van der Waals surface area contributed by atoms with Crippen molar-refractivity contribution in [3.8, 4) is 22.6 Å². The van der Waals surface area contributed by atoms with Crippen LogP contribution in [0.3, 0.4) is 0 Å². The molecule has 76 heavy (non-hydrogen) atoms. The minimum absolute atomic E-state index is 0.0694. The number of aromatic hydroxyl groups is 1. The Morgan fingerprint density at radius 1 is 0.671 bits per heavy atom. The number of nitrogens with zero attached hydrogens (tertiary/aromatic N) is 2. The molecule has 3 fully saturated rings. The molecule has 0 spiro atoms. The van der Waals surface area contributed by atoms with Gasteiger partial charge in [0, 0.05) is 38.3 Å². The molecule has 3 heterocycles. The predicted molar refractivity (Wildman–Crippen MR) is 268 cm³/mol. The van der Waals surface area contributed by atoms with E-state index in [9.17, 15) is 79.5 Å². The van der Waals surface area contributed by atoms with Gasteiger partial charge in [0.1, 0.15) is 66.1 Å². The number of aliphatic hydroxyl groups excluding tert-OH is 8. The number of carbonyl (C=O) groups is 7. The van der Waals surface area contributed by atoms with Crippen LogP contribution in [0.2, 0.25) is 0 Å². The third-order valence-corrected chi connectivity index (χ3v) is 13.8. The summed E-state index contributed by atoms with van der Waals surface area (Å²) >= 11 is 0. The van der Waals surface area contributed by atoms with E-state index < -0.39 is 152 Å². The second-order valence-corrected chi connectivity index (χ2v) is 19.7. The van der Waals surface area contributed by atoms with Crippen LogP contribution in [0.1, 0.15) is 71.0 Å². The first-order valence-corrected chi connectivity index (χ1v) is 25.2. The molecule has 3 aromatic rings. The van der Waals surface area contributed by atoms with Gasteiger partial charge in [0.15, 0.2) is 6.23 Å². The van der Waals surface area contributed by atoms with Crippen LogP contribution >= 0.6 is 0 Å². The smallest absolute Gasteiger partial charge is 0.248 e. The highest BCUT2D eigenvalue weighted by molar-refractivity contribution is 5.98. The van der Waals surface area contributed by atoms with E-state index in [0.29, 0.717) is 31.6 Å². The molecule has 0 aliphatic carbocycles. The average molecular weight is 1060 g/mol. The molecule has 6 rings (SSSR count). The molecule has 0 unspecified atom stereocenters. The largest absolute Gasteiger partial charge is 0.508 e. The molecule has 3 aliphatic rings. The van der Waals surface area contributed by atoms with Crippen LogP contribution in [-0.2, 0) is 33.6 Å². The highest BCUT2D eigenvalue weighted by Gasteiger charge is 2.50. The second kappa shape index (κ2) is 26.3. The molecular weight excluding hydrogens is 995 g/mol. The molecule has 0 saturated carbocycles. The molecule has 414 valence electrons. The summed E-state index contributed by atoms with van der Waals surface area (Å²) in [5, 5.41) is 110. The van der Waals surface area contributed by atoms with Crippen molar-refractivity contribution in [3.63, 3.8) is 0 Å². The molecule has 0 bridgehead atoms. The Balaban J connectivity index is 1.25. The number of phenolic OH excluding ortho intramolecular Hbond substituents is 1. The van der Waals surface area contributed by atoms with Crippen LogP contribution in [0, 0.1) is 5.92 Å². The van der Waals surface area contributed by atoms with E-state index in [1.165, 1.54) is 19.1 Å². The molecule has 24 nitrogen and oxygen atoms in total. The normalized spacial score (nSPS) is 28.8. The van der Waals surface area contributed by atoms with Gasteiger partial charge in [0.2, 0.25) is 41.4 Å². The van der Waals surface area contributed by atoms with E-state index in [1.54, 1.807) is 0 Å². The Morgan fingerprint density at radius 3 is 1.89 bits per heavy atom. The van der Waals surface area contributed by atoms with E-state index in [2.05, 4.69) is 26.6 Å². The van der Waals surface area contributed by atoms with Crippen LogP contribution in [0.4, 0.5) is 0 Å². The number of rotatable bonds is 14. The van der Waals surface area contributed by atoms with Gasteiger partial charge in [-0.3, -0.25) is 33.6 Å². The third kappa shape index (κ3) is 14.6. The van der Waals surface area contributed by atoms with Gasteiger partial charge in [0.05, 0.1) is 31.0 Å². The van der Waals surface area contributed by atoms with Gasteiger partial charge in [-0.25, -0.2) is 0 Å². The number of fused-ring (bicyclic) bond motifs is 2. The third-order valence-electron chi connectivity index (χ3n) is 13.8. The number of benzene rings is 3. The number of aliphatic hydroxyl groups is 8. The number of hydrogen-bond donors (Lipinski definition) is 14. The van der Waals surface area contributed by atoms with Gasteiger partial charge in [-0.1, -0.05) is 61.5 Å². The van der Waals surface area contributed by atoms with Gasteiger partial charge >= 0.3 is 0 Å². The quantitative estimate of drug-likeness (QED) is 0.0723. The van der Waals surface area contributed by atoms with Crippen molar-refractivity contribution in [1.29, 1.82) is 0 Å². The van der Waals surface area contributed by atoms with Gasteiger partial charge < -0.3 is 87.1 Å². The fourth-order valence-corrected chi connectivity index (χ4v) is 9.42. The first-order valence-electron chi connectivity index (χ1n) is 25.2. The fraction of sp³-hybridized carbons (Fsp3) is 0.519. The highest BCUT2D eigenvalue weighted by Crippen LogP contribution is 2.28. The van der Waals surface area contributed by atoms with Crippen molar-refractivity contribution in [2.24, 2.45) is 5.92 Å². The Hall–Kier alpha value is -6.77. The zero-order valence-electron chi connectivity index (χ0n) is 42.2. The van der Waals surface area contributed by atoms with Gasteiger partial charge in [-0.15, -0.1) is 0 Å². The maximum Gasteiger partial charge on any atom is 0.248 e. The van der Waals surface area contributed by atoms with Gasteiger partial charge in [0.25, 0.3) is 0 Å². The number of nitrogens with one attached hydrogen (secondary N) is 5. The van der Waals surface area contributed by atoms with E-state index in [1.807, 2.05) is 54.6 Å². The topological polar surface area (TPSA) is 377 Å². The van der Waals surface area contributed by atoms with E-state index >= 15 is 0 Å². The molecule has 3 aromatic carbocycles. The summed E-state index contributed by atoms with van der Waals surface area (Å²) in [5.74, 6) is -8.51. The van der Waals surface area contributed by atoms with Crippen LogP contribution in [0.5, 0.6) is 11.5 Å². The van der Waals surface area contributed by atoms with Crippen LogP contribution in [0.15, 0.2) is 78.9 Å². The summed E-state index contributed by atoms with van der Waals surface area (Å²) in [6.07, 6.45) is -15.3. The Bertz CT molecular complexity index is 2490. The first-order chi connectivity index (χ1) is 36.1. The number of phenols is 1. The van der Waals surface area contributed by atoms with Crippen molar-refractivity contribution < 1.29 is 84.3 Å². The molecule has 7 amide bonds. The summed E-state index contributed by atoms with van der Waals surface area (Å²) in [7, 11) is 0. The lowest BCUT2D eigenvalue weighted by atomic mass is 9.96. The van der Waals surface area contributed by atoms with Crippen molar-refractivity contribution in [2.75, 3.05) is 19.7 Å². The predicted octanol–water partition coefficient (Wildman–Crippen LogP) is -2.84. The van der Waals surface area contributed by atoms with E-state index in [4.69, 9.17) is 4.74 Å². The van der Waals surface area contributed by atoms with Crippen LogP contribution in [-0.4, -0.2) is 196 Å². The van der Waals surface area contributed by atoms with Crippen molar-refractivity contribution in [3.05, 3.63) is 84.4 Å². The summed E-state index contributed by atoms with van der Waals surface area (Å²) in [6, 6.07) is 10.6. The zero-order chi connectivity index (χ0) is 55.5. The summed E-state index contributed by atoms with van der Waals surface area (Å²) in [4.78, 5) is 100. The summed E-state index contributed by atoms with van der Waals surface area (Å²) < 4.78 is 5.86. The highest BCUT2D eigenvalue weighted by atomic mass is 16.5. The van der Waals surface area contributed by atoms with Crippen molar-refractivity contribution in [2.45, 2.75) is 145 Å². The molecule has 24 heteroatoms. The minimum atomic E-state index is -2.28. The van der Waals surface area contributed by atoms with E-state index in [-0.39, 0.29) is 24.3 Å². The number of unbranched alkanes of at least 4 members (excludes halogenated alkanes) is 2. The molecule has 0 radical (unpaired) electrons. The lowest BCUT2D eigenvalue weighted by Gasteiger charge is -2.34. The lowest BCUT2D eigenvalue weighted by Crippen LogP contribution is -2.64. The summed E-state index contributed by atoms with van der Waals surface area (Å²) in [6.45, 7) is 3.06. The average Bonchev–Trinajstić information content (AvgIpc) is 3.95. The van der Waals surface area contributed by atoms with Crippen LogP contribution < -0.4 is 31.3 Å². The number of amides is 7. The van der Waals surface area contributed by atoms with E-state index in [0.717, 1.165) is 46.9 Å². The maximum atomic E-state index is 14.3. The minimum Gasteiger partial charge on any atom is -0.508 e. The molecule has 3 saturated heterocycles. The van der Waals surface area contributed by atoms with Crippen LogP contribution in [0.25, 0.3) is 11.1 Å². The number of ether oxygens (including phenoxy) is 1. The van der Waals surface area contributed by atoms with Gasteiger partial charge in [-0.05, 0) is 74.1 Å². The molecule has 0 aromatic heterocycles. The number of hydrogen-bond acceptors (Lipinski definition) is 17. The molecule has 3 aliphatic heterocycles. The Kier molecular flexibility index (Phi) is 20.3. The molecule has 14 N–H and O–H groups in total. The van der Waals surface area contributed by atoms with Gasteiger partial charge in [-0.2, -0.15) is 0 Å². The molecule has 15 atom stereocenters. The zero-order valence-corrected chi connectivity index (χ0v) is 42.2. The standard InChI is InChI=1S/C52H69N7O17/c1-26-24-59-42(43(26)66)50(73)57-48(71)37(64)23-35(53-38(65)12-8-5-9-21-76-34-19-15-30(16-20-34)29-10-6-4-7-11-29)46(69)54-39(27(2)60)51(74)58-25-33(63)22-36(58)47(70)56-41(49(72)55-40(28(3)61)52(59)75)45(68)44(67)31-13-17-32(62)18-14-31/h4,6-7,10-11,13-20,26-28,33,35-37,39-45,48,60-64,66-68,71H,5,8-9,12,21-25H2,1-3H3,(H,53,65)(H,54,69)(H,55,72)(H,56,70)(H,57,73)/t26-,27+,28+,33+,35-,36-,37+,39-,40-,41-,42-,43-,44-,45-,48+/m0/s1. The fourth-order valence-electron chi connectivity index (χ4n) is 9.42. The summed E-state index contributed by atoms with van der Waals surface area (Å²) in [5.41, 5.74) is 2.00. The lowest BCUT2D eigenvalue weighted by molar-refractivity contribution is -0.148. The Morgan fingerprint density at radius 2 is 1.26 bits per heavy atom. The maximum absolute atomic E-state index is 14.3. The number of carbonyl (C=O) groups excluding carboxylic acids is 7.